The molecular formula is C32H41ClO6S4. The van der Waals surface area contributed by atoms with Crippen LogP contribution in [0.5, 0.6) is 0 Å². The van der Waals surface area contributed by atoms with Crippen LogP contribution in [0.2, 0.25) is 0 Å². The third-order valence-corrected chi connectivity index (χ3v) is 10.8. The Labute approximate surface area is 269 Å². The van der Waals surface area contributed by atoms with Gasteiger partial charge in [-0.15, -0.1) is 0 Å². The molecule has 0 aliphatic heterocycles. The van der Waals surface area contributed by atoms with Crippen LogP contribution in [0.4, 0.5) is 0 Å². The second kappa shape index (κ2) is 18.7. The molecule has 2 heterocycles. The van der Waals surface area contributed by atoms with E-state index in [1.54, 1.807) is 59.1 Å². The van der Waals surface area contributed by atoms with Gasteiger partial charge in [0.05, 0.1) is 16.4 Å². The predicted molar refractivity (Wildman–Crippen MR) is 179 cm³/mol. The molecule has 2 aromatic carbocycles. The molecule has 4 rings (SSSR count). The minimum absolute atomic E-state index is 0.143. The third kappa shape index (κ3) is 14.1. The van der Waals surface area contributed by atoms with Crippen LogP contribution in [0.15, 0.2) is 92.0 Å². The monoisotopic (exact) mass is 684 g/mol. The van der Waals surface area contributed by atoms with Crippen molar-refractivity contribution >= 4 is 52.5 Å². The van der Waals surface area contributed by atoms with Gasteiger partial charge in [-0.25, -0.2) is 8.42 Å². The van der Waals surface area contributed by atoms with Gasteiger partial charge >= 0.3 is 0 Å². The first-order valence-corrected chi connectivity index (χ1v) is 19.6. The van der Waals surface area contributed by atoms with Crippen LogP contribution in [0.1, 0.15) is 48.9 Å². The summed E-state index contributed by atoms with van der Waals surface area (Å²) in [7, 11) is -2.12. The normalized spacial score (nSPS) is 12.8. The first-order valence-electron chi connectivity index (χ1n) is 14.0. The molecule has 0 bridgehead atoms. The SMILES string of the molecule is CCC(CO)Cc1ccsc1.CCC(COS(=O)(=O)c1ccc(C)cc1)Cc1ccsc1.Cc1ccc(S(=O)(=O)Cl)cc1. The number of thiophene rings is 2. The quantitative estimate of drug-likeness (QED) is 0.119. The zero-order chi connectivity index (χ0) is 31.9. The Balaban J connectivity index is 0.000000247. The number of hydrogen-bond acceptors (Lipinski definition) is 8. The lowest BCUT2D eigenvalue weighted by atomic mass is 10.00. The van der Waals surface area contributed by atoms with Gasteiger partial charge in [-0.05, 0) is 108 Å². The second-order valence-corrected chi connectivity index (χ2v) is 15.9. The highest BCUT2D eigenvalue weighted by Crippen LogP contribution is 2.19. The maximum absolute atomic E-state index is 12.1. The highest BCUT2D eigenvalue weighted by molar-refractivity contribution is 8.13. The largest absolute Gasteiger partial charge is 0.396 e. The Kier molecular flexibility index (Phi) is 16.1. The zero-order valence-electron chi connectivity index (χ0n) is 25.0. The molecule has 0 radical (unpaired) electrons. The highest BCUT2D eigenvalue weighted by Gasteiger charge is 2.18. The van der Waals surface area contributed by atoms with Crippen molar-refractivity contribution in [2.75, 3.05) is 13.2 Å². The summed E-state index contributed by atoms with van der Waals surface area (Å²) in [6, 6.07) is 17.3. The number of aliphatic hydroxyl groups is 1. The molecule has 0 saturated carbocycles. The summed E-state index contributed by atoms with van der Waals surface area (Å²) < 4.78 is 50.9. The van der Waals surface area contributed by atoms with Crippen LogP contribution in [0, 0.1) is 25.7 Å². The van der Waals surface area contributed by atoms with Crippen LogP contribution >= 0.6 is 33.4 Å². The van der Waals surface area contributed by atoms with E-state index in [1.165, 1.54) is 23.3 Å². The first kappa shape index (κ1) is 37.1. The van der Waals surface area contributed by atoms with E-state index in [1.807, 2.05) is 19.2 Å². The van der Waals surface area contributed by atoms with Crippen molar-refractivity contribution < 1.29 is 26.1 Å². The molecular weight excluding hydrogens is 644 g/mol. The molecule has 11 heteroatoms. The number of aliphatic hydroxyl groups excluding tert-OH is 1. The van der Waals surface area contributed by atoms with Crippen LogP contribution in [0.3, 0.4) is 0 Å². The molecule has 236 valence electrons. The number of benzene rings is 2. The lowest BCUT2D eigenvalue weighted by Gasteiger charge is -2.14. The molecule has 0 amide bonds. The van der Waals surface area contributed by atoms with E-state index in [4.69, 9.17) is 20.0 Å². The minimum Gasteiger partial charge on any atom is -0.396 e. The molecule has 1 N–H and O–H groups in total. The van der Waals surface area contributed by atoms with Gasteiger partial charge in [0, 0.05) is 17.3 Å². The van der Waals surface area contributed by atoms with Crippen LogP contribution in [0.25, 0.3) is 0 Å². The van der Waals surface area contributed by atoms with E-state index in [0.29, 0.717) is 12.5 Å². The minimum atomic E-state index is -3.66. The van der Waals surface area contributed by atoms with Crippen LogP contribution in [-0.4, -0.2) is 35.2 Å². The third-order valence-electron chi connectivity index (χ3n) is 6.69. The van der Waals surface area contributed by atoms with Crippen LogP contribution < -0.4 is 0 Å². The van der Waals surface area contributed by atoms with Gasteiger partial charge in [0.2, 0.25) is 0 Å². The Hall–Kier alpha value is -2.05. The van der Waals surface area contributed by atoms with Gasteiger partial charge in [0.1, 0.15) is 0 Å². The zero-order valence-corrected chi connectivity index (χ0v) is 29.0. The fraction of sp³-hybridized carbons (Fsp3) is 0.375. The van der Waals surface area contributed by atoms with Crippen LogP contribution in [-0.2, 0) is 36.2 Å². The van der Waals surface area contributed by atoms with E-state index in [-0.39, 0.29) is 22.3 Å². The van der Waals surface area contributed by atoms with Crippen molar-refractivity contribution in [3.8, 4) is 0 Å². The average molecular weight is 685 g/mol. The Morgan fingerprint density at radius 2 is 1.16 bits per heavy atom. The molecule has 0 saturated heterocycles. The number of aryl methyl sites for hydroxylation is 2. The summed E-state index contributed by atoms with van der Waals surface area (Å²) in [4.78, 5) is 0.364. The van der Waals surface area contributed by atoms with Crippen molar-refractivity contribution in [2.45, 2.75) is 63.2 Å². The van der Waals surface area contributed by atoms with Gasteiger partial charge < -0.3 is 5.11 Å². The molecule has 0 fully saturated rings. The fourth-order valence-electron chi connectivity index (χ4n) is 3.80. The average Bonchev–Trinajstić information content (AvgIpc) is 3.69. The molecule has 2 aromatic heterocycles. The number of halogens is 1. The molecule has 43 heavy (non-hydrogen) atoms. The number of rotatable bonds is 12. The van der Waals surface area contributed by atoms with Gasteiger partial charge in [-0.1, -0.05) is 62.1 Å². The van der Waals surface area contributed by atoms with Gasteiger partial charge in [-0.2, -0.15) is 31.1 Å². The van der Waals surface area contributed by atoms with Crippen molar-refractivity contribution in [1.82, 2.24) is 0 Å². The molecule has 4 aromatic rings. The second-order valence-electron chi connectivity index (χ2n) is 10.2. The molecule has 2 atom stereocenters. The van der Waals surface area contributed by atoms with E-state index in [0.717, 1.165) is 36.8 Å². The van der Waals surface area contributed by atoms with E-state index >= 15 is 0 Å². The molecule has 0 aliphatic carbocycles. The fourth-order valence-corrected chi connectivity index (χ4v) is 6.91. The molecule has 0 spiro atoms. The lowest BCUT2D eigenvalue weighted by Crippen LogP contribution is -2.16. The standard InChI is InChI=1S/C16H20O3S2.C9H14OS.C7H7ClO2S/c1-3-14(10-15-8-9-20-12-15)11-19-21(17,18)16-6-4-13(2)5-7-16;1-2-8(6-10)5-9-3-4-11-7-9;1-6-2-4-7(5-3-6)11(8,9)10/h4-9,12,14H,3,10-11H2,1-2H3;3-4,7-8,10H,2,5-6H2,1H3;2-5H,1H3. The molecule has 6 nitrogen and oxygen atoms in total. The maximum atomic E-state index is 12.1. The topological polar surface area (TPSA) is 97.7 Å². The Bertz CT molecular complexity index is 1510. The van der Waals surface area contributed by atoms with Crippen molar-refractivity contribution in [1.29, 1.82) is 0 Å². The Morgan fingerprint density at radius 1 is 0.721 bits per heavy atom. The van der Waals surface area contributed by atoms with E-state index < -0.39 is 19.2 Å². The summed E-state index contributed by atoms with van der Waals surface area (Å²) in [5.74, 6) is 0.657. The summed E-state index contributed by atoms with van der Waals surface area (Å²) >= 11 is 3.38. The first-order chi connectivity index (χ1) is 20.4. The van der Waals surface area contributed by atoms with Crippen molar-refractivity contribution in [3.63, 3.8) is 0 Å². The van der Waals surface area contributed by atoms with Gasteiger partial charge in [-0.3, -0.25) is 4.18 Å². The molecule has 0 aliphatic rings. The smallest absolute Gasteiger partial charge is 0.296 e. The summed E-state index contributed by atoms with van der Waals surface area (Å²) in [5.41, 5.74) is 4.63. The van der Waals surface area contributed by atoms with E-state index in [9.17, 15) is 16.8 Å². The summed E-state index contributed by atoms with van der Waals surface area (Å²) in [5, 5.41) is 17.3. The number of hydrogen-bond donors (Lipinski definition) is 1. The molecule has 2 unspecified atom stereocenters. The van der Waals surface area contributed by atoms with Crippen molar-refractivity contribution in [2.24, 2.45) is 11.8 Å². The summed E-state index contributed by atoms with van der Waals surface area (Å²) in [6.45, 7) is 8.51. The maximum Gasteiger partial charge on any atom is 0.296 e. The summed E-state index contributed by atoms with van der Waals surface area (Å²) in [6.07, 6.45) is 3.82. The van der Waals surface area contributed by atoms with E-state index in [2.05, 4.69) is 42.1 Å². The predicted octanol–water partition coefficient (Wildman–Crippen LogP) is 8.26. The van der Waals surface area contributed by atoms with Gasteiger partial charge in [0.25, 0.3) is 19.2 Å². The Morgan fingerprint density at radius 3 is 1.53 bits per heavy atom. The highest BCUT2D eigenvalue weighted by atomic mass is 35.7. The lowest BCUT2D eigenvalue weighted by molar-refractivity contribution is 0.222. The van der Waals surface area contributed by atoms with Gasteiger partial charge in [0.15, 0.2) is 0 Å². The van der Waals surface area contributed by atoms with Crippen molar-refractivity contribution in [3.05, 3.63) is 104 Å².